The number of likely N-dealkylation sites (tertiary alicyclic amines) is 1. The first-order valence-electron chi connectivity index (χ1n) is 12.5. The number of anilines is 1. The molecule has 3 fully saturated rings. The predicted molar refractivity (Wildman–Crippen MR) is 129 cm³/mol. The number of nitrogens with zero attached hydrogens (tertiary/aromatic N) is 7. The Bertz CT molecular complexity index is 1350. The molecule has 0 unspecified atom stereocenters. The minimum atomic E-state index is -1.71. The Morgan fingerprint density at radius 3 is 2.68 bits per heavy atom. The maximum atomic E-state index is 13.8. The molecule has 1 amide bonds. The van der Waals surface area contributed by atoms with E-state index >= 15 is 0 Å². The number of fused-ring (bicyclic) bond motifs is 1. The molecule has 2 atom stereocenters. The third kappa shape index (κ3) is 4.54. The van der Waals surface area contributed by atoms with Crippen molar-refractivity contribution in [1.82, 2.24) is 30.0 Å². The van der Waals surface area contributed by atoms with Gasteiger partial charge in [0, 0.05) is 36.7 Å². The highest BCUT2D eigenvalue weighted by molar-refractivity contribution is 5.93. The van der Waals surface area contributed by atoms with Gasteiger partial charge in [-0.3, -0.25) is 9.89 Å². The van der Waals surface area contributed by atoms with Crippen LogP contribution < -0.4 is 9.64 Å². The van der Waals surface area contributed by atoms with Crippen LogP contribution in [0.3, 0.4) is 0 Å². The standard InChI is InChI=1S/C25H26F2N8O2/c26-17-11-35(12-18(17)27)23(36)19-10-20(31-24(30-19)37-14-25(13-28)5-6-25)34-8-3-15(4-9-34)21-16-2-1-7-29-22(16)33-32-21/h1-2,7,10,15,17-18H,3-6,8-9,11-12,14H2,(H,29,32,33)/t17-,18-/m0/s1. The molecule has 1 saturated carbocycles. The summed E-state index contributed by atoms with van der Waals surface area (Å²) in [7, 11) is 0. The minimum absolute atomic E-state index is 0.0123. The lowest BCUT2D eigenvalue weighted by atomic mass is 9.92. The second-order valence-electron chi connectivity index (χ2n) is 10.1. The second kappa shape index (κ2) is 9.21. The van der Waals surface area contributed by atoms with E-state index in [1.165, 1.54) is 0 Å². The second-order valence-corrected chi connectivity index (χ2v) is 10.1. The first-order valence-corrected chi connectivity index (χ1v) is 12.5. The van der Waals surface area contributed by atoms with E-state index in [0.717, 1.165) is 47.3 Å². The fourth-order valence-corrected chi connectivity index (χ4v) is 5.01. The average Bonchev–Trinajstić information content (AvgIpc) is 3.47. The van der Waals surface area contributed by atoms with Crippen molar-refractivity contribution in [3.63, 3.8) is 0 Å². The number of amides is 1. The van der Waals surface area contributed by atoms with Crippen LogP contribution in [0.4, 0.5) is 14.6 Å². The first-order chi connectivity index (χ1) is 17.9. The van der Waals surface area contributed by atoms with Crippen LogP contribution in [0.15, 0.2) is 24.4 Å². The van der Waals surface area contributed by atoms with Gasteiger partial charge in [-0.05, 0) is 37.8 Å². The summed E-state index contributed by atoms with van der Waals surface area (Å²) < 4.78 is 33.3. The lowest BCUT2D eigenvalue weighted by Crippen LogP contribution is -2.35. The number of hydrogen-bond donors (Lipinski definition) is 1. The zero-order valence-electron chi connectivity index (χ0n) is 20.1. The molecule has 10 nitrogen and oxygen atoms in total. The highest BCUT2D eigenvalue weighted by Crippen LogP contribution is 2.45. The summed E-state index contributed by atoms with van der Waals surface area (Å²) in [5.74, 6) is 0.184. The molecule has 3 aromatic rings. The lowest BCUT2D eigenvalue weighted by Gasteiger charge is -2.32. The minimum Gasteiger partial charge on any atom is -0.462 e. The first kappa shape index (κ1) is 23.5. The van der Waals surface area contributed by atoms with E-state index in [1.54, 1.807) is 12.3 Å². The van der Waals surface area contributed by atoms with Gasteiger partial charge in [0.15, 0.2) is 18.0 Å². The number of carbonyl (C=O) groups is 1. The normalized spacial score (nSPS) is 23.3. The van der Waals surface area contributed by atoms with Gasteiger partial charge in [-0.2, -0.15) is 20.3 Å². The fourth-order valence-electron chi connectivity index (χ4n) is 5.01. The van der Waals surface area contributed by atoms with E-state index in [1.807, 2.05) is 17.0 Å². The molecule has 6 rings (SSSR count). The highest BCUT2D eigenvalue weighted by Gasteiger charge is 2.44. The fraction of sp³-hybridized carbons (Fsp3) is 0.520. The molecular weight excluding hydrogens is 482 g/mol. The van der Waals surface area contributed by atoms with Gasteiger partial charge < -0.3 is 14.5 Å². The van der Waals surface area contributed by atoms with E-state index < -0.39 is 23.7 Å². The smallest absolute Gasteiger partial charge is 0.319 e. The van der Waals surface area contributed by atoms with E-state index in [0.29, 0.717) is 18.9 Å². The molecule has 0 radical (unpaired) electrons. The van der Waals surface area contributed by atoms with Crippen LogP contribution in [0.5, 0.6) is 6.01 Å². The number of halogens is 2. The van der Waals surface area contributed by atoms with E-state index in [2.05, 4.69) is 31.2 Å². The van der Waals surface area contributed by atoms with Gasteiger partial charge in [0.05, 0.1) is 30.3 Å². The Balaban J connectivity index is 1.22. The maximum absolute atomic E-state index is 13.8. The van der Waals surface area contributed by atoms with Crippen LogP contribution in [0.1, 0.15) is 47.8 Å². The Labute approximate surface area is 211 Å². The third-order valence-corrected chi connectivity index (χ3v) is 7.52. The van der Waals surface area contributed by atoms with Gasteiger partial charge in [-0.15, -0.1) is 0 Å². The SMILES string of the molecule is N#CC1(COc2nc(C(=O)N3C[C@H](F)[C@@H](F)C3)cc(N3CCC(c4n[nH]c5ncccc45)CC3)n2)CC1. The zero-order valence-corrected chi connectivity index (χ0v) is 20.1. The lowest BCUT2D eigenvalue weighted by molar-refractivity contribution is 0.0771. The molecule has 0 spiro atoms. The van der Waals surface area contributed by atoms with Crippen molar-refractivity contribution in [3.8, 4) is 12.1 Å². The number of nitriles is 1. The van der Waals surface area contributed by atoms with Gasteiger partial charge in [0.2, 0.25) is 0 Å². The van der Waals surface area contributed by atoms with Gasteiger partial charge in [0.25, 0.3) is 5.91 Å². The molecule has 2 aliphatic heterocycles. The van der Waals surface area contributed by atoms with Gasteiger partial charge in [0.1, 0.15) is 18.1 Å². The number of pyridine rings is 1. The van der Waals surface area contributed by atoms with Gasteiger partial charge >= 0.3 is 6.01 Å². The summed E-state index contributed by atoms with van der Waals surface area (Å²) in [4.78, 5) is 29.4. The Morgan fingerprint density at radius 1 is 1.22 bits per heavy atom. The number of carbonyl (C=O) groups excluding carboxylic acids is 1. The van der Waals surface area contributed by atoms with Crippen LogP contribution in [-0.4, -0.2) is 81.1 Å². The van der Waals surface area contributed by atoms with Crippen molar-refractivity contribution < 1.29 is 18.3 Å². The number of rotatable bonds is 6. The van der Waals surface area contributed by atoms with E-state index in [4.69, 9.17) is 4.74 Å². The van der Waals surface area contributed by atoms with E-state index in [-0.39, 0.29) is 37.3 Å². The quantitative estimate of drug-likeness (QED) is 0.539. The number of alkyl halides is 2. The summed E-state index contributed by atoms with van der Waals surface area (Å²) in [6.07, 6.45) is 1.42. The Kier molecular flexibility index (Phi) is 5.85. The molecule has 37 heavy (non-hydrogen) atoms. The Hall–Kier alpha value is -3.88. The molecule has 3 aromatic heterocycles. The van der Waals surface area contributed by atoms with Crippen LogP contribution >= 0.6 is 0 Å². The number of aromatic amines is 1. The van der Waals surface area contributed by atoms with Crippen molar-refractivity contribution in [2.75, 3.05) is 37.7 Å². The van der Waals surface area contributed by atoms with Crippen LogP contribution in [0.2, 0.25) is 0 Å². The summed E-state index contributed by atoms with van der Waals surface area (Å²) in [5.41, 5.74) is 1.24. The van der Waals surface area contributed by atoms with Crippen molar-refractivity contribution >= 4 is 22.8 Å². The number of hydrogen-bond acceptors (Lipinski definition) is 8. The predicted octanol–water partition coefficient (Wildman–Crippen LogP) is 2.95. The van der Waals surface area contributed by atoms with Gasteiger partial charge in [-0.25, -0.2) is 13.8 Å². The van der Waals surface area contributed by atoms with Crippen LogP contribution in [0.25, 0.3) is 11.0 Å². The monoisotopic (exact) mass is 508 g/mol. The molecule has 192 valence electrons. The molecule has 0 aromatic carbocycles. The molecule has 1 N–H and O–H groups in total. The molecule has 3 aliphatic rings. The highest BCUT2D eigenvalue weighted by atomic mass is 19.2. The topological polar surface area (TPSA) is 124 Å². The van der Waals surface area contributed by atoms with Crippen molar-refractivity contribution in [3.05, 3.63) is 35.8 Å². The number of nitrogens with one attached hydrogen (secondary N) is 1. The van der Waals surface area contributed by atoms with Crippen molar-refractivity contribution in [2.24, 2.45) is 5.41 Å². The largest absolute Gasteiger partial charge is 0.462 e. The summed E-state index contributed by atoms with van der Waals surface area (Å²) in [6, 6.07) is 7.71. The molecule has 0 bridgehead atoms. The van der Waals surface area contributed by atoms with E-state index in [9.17, 15) is 18.8 Å². The number of ether oxygens (including phenoxy) is 1. The van der Waals surface area contributed by atoms with Crippen molar-refractivity contribution in [1.29, 1.82) is 5.26 Å². The molecule has 5 heterocycles. The summed E-state index contributed by atoms with van der Waals surface area (Å²) in [6.45, 7) is 0.824. The van der Waals surface area contributed by atoms with Crippen LogP contribution in [0, 0.1) is 16.7 Å². The zero-order chi connectivity index (χ0) is 25.6. The summed E-state index contributed by atoms with van der Waals surface area (Å²) >= 11 is 0. The number of piperidine rings is 1. The maximum Gasteiger partial charge on any atom is 0.319 e. The van der Waals surface area contributed by atoms with Crippen molar-refractivity contribution in [2.45, 2.75) is 43.9 Å². The third-order valence-electron chi connectivity index (χ3n) is 7.52. The van der Waals surface area contributed by atoms with Gasteiger partial charge in [-0.1, -0.05) is 0 Å². The number of H-pyrrole nitrogens is 1. The molecule has 12 heteroatoms. The van der Waals surface area contributed by atoms with Crippen LogP contribution in [-0.2, 0) is 0 Å². The average molecular weight is 509 g/mol. The Morgan fingerprint density at radius 2 is 1.97 bits per heavy atom. The molecular formula is C25H26F2N8O2. The summed E-state index contributed by atoms with van der Waals surface area (Å²) in [5, 5.41) is 17.9. The molecule has 1 aliphatic carbocycles. The molecule has 2 saturated heterocycles. The number of aromatic nitrogens is 5.